The quantitative estimate of drug-likeness (QED) is 0.170. The molecule has 0 radical (unpaired) electrons. The van der Waals surface area contributed by atoms with Crippen molar-refractivity contribution in [3.63, 3.8) is 0 Å². The number of hydrogen-bond acceptors (Lipinski definition) is 1. The molecule has 0 fully saturated rings. The molecule has 14 aromatic rings. The predicted molar refractivity (Wildman–Crippen MR) is 268 cm³/mol. The van der Waals surface area contributed by atoms with Crippen LogP contribution in [0.15, 0.2) is 229 Å². The predicted octanol–water partition coefficient (Wildman–Crippen LogP) is 16.2. The Kier molecular flexibility index (Phi) is 7.36. The number of aromatic nitrogens is 3. The smallest absolute Gasteiger partial charge is 0.136 e. The molecule has 0 aliphatic rings. The van der Waals surface area contributed by atoms with Gasteiger partial charge in [0.15, 0.2) is 0 Å². The Morgan fingerprint density at radius 1 is 0.266 bits per heavy atom. The number of fused-ring (bicyclic) bond motifs is 13. The molecule has 0 bridgehead atoms. The number of nitrogens with zero attached hydrogens (tertiary/aromatic N) is 3. The van der Waals surface area contributed by atoms with Crippen molar-refractivity contribution in [3.8, 4) is 39.3 Å². The Hall–Kier alpha value is -8.60. The SMILES string of the molecule is c1ccc(-n2c3ccccc3c3cc(-c4cccc5oc6ccc(-c7ccc8c(c7)c7c(ccc9c%10ccccc%10n(-c%10ccccc%10)c97)n8-c7ccccc7)cc6c45)ccc32)cc1. The molecule has 0 aliphatic carbocycles. The van der Waals surface area contributed by atoms with Crippen LogP contribution in [0.4, 0.5) is 0 Å². The summed E-state index contributed by atoms with van der Waals surface area (Å²) in [4.78, 5) is 0. The van der Waals surface area contributed by atoms with Crippen LogP contribution < -0.4 is 0 Å². The van der Waals surface area contributed by atoms with Gasteiger partial charge in [0.2, 0.25) is 0 Å². The van der Waals surface area contributed by atoms with E-state index in [1.54, 1.807) is 0 Å². The standard InChI is InChI=1S/C60H37N3O/c1-4-15-41(16-5-1)61-51-24-12-11-22-46(51)48-37-40(28-32-53(48)61)44-23-14-26-57-58(44)50-36-39(29-34-56(50)64-57)38-27-31-54-49(35-38)59-55(62(54)42-17-6-2-7-18-42)33-30-47-45-21-10-13-25-52(45)63(60(47)59)43-19-8-3-9-20-43/h1-37H. The van der Waals surface area contributed by atoms with Gasteiger partial charge in [0.1, 0.15) is 11.2 Å². The summed E-state index contributed by atoms with van der Waals surface area (Å²) in [7, 11) is 0. The number of rotatable bonds is 5. The summed E-state index contributed by atoms with van der Waals surface area (Å²) in [5.74, 6) is 0. The van der Waals surface area contributed by atoms with Crippen LogP contribution in [-0.4, -0.2) is 13.7 Å². The highest BCUT2D eigenvalue weighted by molar-refractivity contribution is 6.26. The van der Waals surface area contributed by atoms with Crippen molar-refractivity contribution in [1.82, 2.24) is 13.7 Å². The summed E-state index contributed by atoms with van der Waals surface area (Å²) in [5.41, 5.74) is 17.0. The minimum Gasteiger partial charge on any atom is -0.456 e. The number of benzene rings is 10. The second-order valence-corrected chi connectivity index (χ2v) is 16.9. The normalized spacial score (nSPS) is 12.1. The Morgan fingerprint density at radius 3 is 1.47 bits per heavy atom. The van der Waals surface area contributed by atoms with Gasteiger partial charge in [-0.1, -0.05) is 127 Å². The first-order valence-electron chi connectivity index (χ1n) is 21.9. The van der Waals surface area contributed by atoms with E-state index in [0.29, 0.717) is 0 Å². The van der Waals surface area contributed by atoms with E-state index in [1.807, 2.05) is 0 Å². The first kappa shape index (κ1) is 35.0. The van der Waals surface area contributed by atoms with E-state index in [2.05, 4.69) is 238 Å². The molecule has 64 heavy (non-hydrogen) atoms. The highest BCUT2D eigenvalue weighted by Gasteiger charge is 2.22. The van der Waals surface area contributed by atoms with Gasteiger partial charge in [-0.15, -0.1) is 0 Å². The lowest BCUT2D eigenvalue weighted by Crippen LogP contribution is -1.95. The van der Waals surface area contributed by atoms with Gasteiger partial charge in [-0.2, -0.15) is 0 Å². The number of para-hydroxylation sites is 5. The molecular weight excluding hydrogens is 779 g/mol. The average Bonchev–Trinajstić information content (AvgIpc) is 4.10. The van der Waals surface area contributed by atoms with Crippen LogP contribution in [0.5, 0.6) is 0 Å². The van der Waals surface area contributed by atoms with E-state index in [1.165, 1.54) is 65.4 Å². The topological polar surface area (TPSA) is 27.9 Å². The Bertz CT molecular complexity index is 4170. The number of furan rings is 1. The minimum absolute atomic E-state index is 0.879. The van der Waals surface area contributed by atoms with Gasteiger partial charge in [0.05, 0.1) is 33.1 Å². The van der Waals surface area contributed by atoms with Gasteiger partial charge >= 0.3 is 0 Å². The third kappa shape index (κ3) is 4.99. The molecule has 10 aromatic carbocycles. The average molecular weight is 816 g/mol. The molecule has 0 spiro atoms. The van der Waals surface area contributed by atoms with Crippen LogP contribution >= 0.6 is 0 Å². The van der Waals surface area contributed by atoms with Crippen LogP contribution in [0, 0.1) is 0 Å². The van der Waals surface area contributed by atoms with E-state index in [0.717, 1.165) is 61.3 Å². The molecule has 14 rings (SSSR count). The minimum atomic E-state index is 0.879. The maximum absolute atomic E-state index is 6.63. The molecule has 0 saturated carbocycles. The third-order valence-corrected chi connectivity index (χ3v) is 13.4. The van der Waals surface area contributed by atoms with Crippen molar-refractivity contribution in [1.29, 1.82) is 0 Å². The lowest BCUT2D eigenvalue weighted by Gasteiger charge is -2.09. The van der Waals surface area contributed by atoms with Crippen molar-refractivity contribution in [2.75, 3.05) is 0 Å². The molecule has 0 unspecified atom stereocenters. The van der Waals surface area contributed by atoms with Gasteiger partial charge in [0.25, 0.3) is 0 Å². The lowest BCUT2D eigenvalue weighted by atomic mass is 9.96. The molecule has 0 aliphatic heterocycles. The summed E-state index contributed by atoms with van der Waals surface area (Å²) in [5, 5.41) is 9.63. The number of hydrogen-bond donors (Lipinski definition) is 0. The van der Waals surface area contributed by atoms with E-state index in [-0.39, 0.29) is 0 Å². The zero-order chi connectivity index (χ0) is 41.9. The molecule has 0 amide bonds. The second kappa shape index (κ2) is 13.4. The summed E-state index contributed by atoms with van der Waals surface area (Å²) in [6, 6.07) is 81.4. The molecule has 4 aromatic heterocycles. The van der Waals surface area contributed by atoms with Crippen molar-refractivity contribution in [3.05, 3.63) is 224 Å². The molecule has 4 heteroatoms. The van der Waals surface area contributed by atoms with Crippen LogP contribution in [0.1, 0.15) is 0 Å². The van der Waals surface area contributed by atoms with Crippen LogP contribution in [0.3, 0.4) is 0 Å². The molecule has 0 saturated heterocycles. The maximum Gasteiger partial charge on any atom is 0.136 e. The first-order chi connectivity index (χ1) is 31.8. The van der Waals surface area contributed by atoms with Crippen LogP contribution in [0.2, 0.25) is 0 Å². The van der Waals surface area contributed by atoms with Gasteiger partial charge in [-0.25, -0.2) is 0 Å². The lowest BCUT2D eigenvalue weighted by molar-refractivity contribution is 0.669. The Morgan fingerprint density at radius 2 is 0.766 bits per heavy atom. The largest absolute Gasteiger partial charge is 0.456 e. The van der Waals surface area contributed by atoms with Crippen molar-refractivity contribution in [2.45, 2.75) is 0 Å². The van der Waals surface area contributed by atoms with Crippen molar-refractivity contribution >= 4 is 87.4 Å². The molecular formula is C60H37N3O. The summed E-state index contributed by atoms with van der Waals surface area (Å²) >= 11 is 0. The Labute approximate surface area is 367 Å². The monoisotopic (exact) mass is 815 g/mol. The molecule has 0 atom stereocenters. The molecule has 4 heterocycles. The molecule has 0 N–H and O–H groups in total. The molecule has 4 nitrogen and oxygen atoms in total. The van der Waals surface area contributed by atoms with Gasteiger partial charge in [-0.05, 0) is 119 Å². The maximum atomic E-state index is 6.63. The van der Waals surface area contributed by atoms with Crippen molar-refractivity contribution < 1.29 is 4.42 Å². The highest BCUT2D eigenvalue weighted by atomic mass is 16.3. The van der Waals surface area contributed by atoms with Gasteiger partial charge in [-0.3, -0.25) is 0 Å². The van der Waals surface area contributed by atoms with Gasteiger partial charge in [0, 0.05) is 60.2 Å². The molecule has 298 valence electrons. The Balaban J connectivity index is 0.999. The van der Waals surface area contributed by atoms with Crippen molar-refractivity contribution in [2.24, 2.45) is 0 Å². The van der Waals surface area contributed by atoms with Gasteiger partial charge < -0.3 is 18.1 Å². The zero-order valence-corrected chi connectivity index (χ0v) is 34.6. The summed E-state index contributed by atoms with van der Waals surface area (Å²) in [6.45, 7) is 0. The first-order valence-corrected chi connectivity index (χ1v) is 21.9. The van der Waals surface area contributed by atoms with E-state index >= 15 is 0 Å². The van der Waals surface area contributed by atoms with Crippen LogP contribution in [0.25, 0.3) is 127 Å². The second-order valence-electron chi connectivity index (χ2n) is 16.9. The van der Waals surface area contributed by atoms with Crippen LogP contribution in [-0.2, 0) is 0 Å². The fraction of sp³-hybridized carbons (Fsp3) is 0. The summed E-state index contributed by atoms with van der Waals surface area (Å²) in [6.07, 6.45) is 0. The highest BCUT2D eigenvalue weighted by Crippen LogP contribution is 2.45. The fourth-order valence-corrected chi connectivity index (χ4v) is 10.7. The van der Waals surface area contributed by atoms with E-state index < -0.39 is 0 Å². The van der Waals surface area contributed by atoms with E-state index in [9.17, 15) is 0 Å². The van der Waals surface area contributed by atoms with E-state index in [4.69, 9.17) is 4.42 Å². The fourth-order valence-electron chi connectivity index (χ4n) is 10.7. The zero-order valence-electron chi connectivity index (χ0n) is 34.6. The summed E-state index contributed by atoms with van der Waals surface area (Å²) < 4.78 is 13.9. The third-order valence-electron chi connectivity index (χ3n) is 13.4.